The van der Waals surface area contributed by atoms with Crippen LogP contribution in [0.5, 0.6) is 0 Å². The van der Waals surface area contributed by atoms with Gasteiger partial charge in [0.25, 0.3) is 0 Å². The maximum atomic E-state index is 5.80. The predicted octanol–water partition coefficient (Wildman–Crippen LogP) is 3.65. The van der Waals surface area contributed by atoms with E-state index in [1.807, 2.05) is 5.38 Å². The number of aromatic nitrogens is 1. The van der Waals surface area contributed by atoms with Gasteiger partial charge in [-0.15, -0.1) is 11.3 Å². The third-order valence-electron chi connectivity index (χ3n) is 2.32. The van der Waals surface area contributed by atoms with Crippen LogP contribution >= 0.6 is 22.9 Å². The van der Waals surface area contributed by atoms with Crippen molar-refractivity contribution in [2.45, 2.75) is 6.42 Å². The van der Waals surface area contributed by atoms with Crippen molar-refractivity contribution in [1.29, 1.82) is 0 Å². The van der Waals surface area contributed by atoms with E-state index in [1.165, 1.54) is 16.9 Å². The minimum Gasteiger partial charge on any atom is -0.384 e. The number of thiazole rings is 1. The van der Waals surface area contributed by atoms with Crippen LogP contribution in [0.15, 0.2) is 29.6 Å². The summed E-state index contributed by atoms with van der Waals surface area (Å²) in [5.74, 6) is 0. The van der Waals surface area contributed by atoms with Crippen molar-refractivity contribution < 1.29 is 4.74 Å². The van der Waals surface area contributed by atoms with Gasteiger partial charge in [-0.05, 0) is 12.0 Å². The summed E-state index contributed by atoms with van der Waals surface area (Å²) in [7, 11) is 1.71. The Balaban J connectivity index is 2.13. The molecule has 1 heterocycles. The van der Waals surface area contributed by atoms with Crippen LogP contribution in [0.4, 0.5) is 0 Å². The predicted molar refractivity (Wildman–Crippen MR) is 68.1 cm³/mol. The Bertz CT molecular complexity index is 452. The maximum Gasteiger partial charge on any atom is 0.184 e. The summed E-state index contributed by atoms with van der Waals surface area (Å²) in [6.07, 6.45) is 0.939. The highest BCUT2D eigenvalue weighted by Gasteiger charge is 2.02. The van der Waals surface area contributed by atoms with Gasteiger partial charge < -0.3 is 4.74 Å². The second kappa shape index (κ2) is 5.43. The summed E-state index contributed by atoms with van der Waals surface area (Å²) >= 11 is 7.25. The van der Waals surface area contributed by atoms with E-state index in [0.29, 0.717) is 4.47 Å². The third-order valence-corrected chi connectivity index (χ3v) is 3.30. The highest BCUT2D eigenvalue weighted by Crippen LogP contribution is 2.24. The van der Waals surface area contributed by atoms with Gasteiger partial charge in [-0.3, -0.25) is 0 Å². The molecule has 84 valence electrons. The molecule has 2 nitrogen and oxygen atoms in total. The quantitative estimate of drug-likeness (QED) is 0.830. The van der Waals surface area contributed by atoms with E-state index in [2.05, 4.69) is 29.2 Å². The van der Waals surface area contributed by atoms with Crippen molar-refractivity contribution in [2.24, 2.45) is 0 Å². The Morgan fingerprint density at radius 2 is 2.06 bits per heavy atom. The molecule has 0 amide bonds. The molecular formula is C12H12ClNOS. The van der Waals surface area contributed by atoms with Gasteiger partial charge in [0.2, 0.25) is 0 Å². The third kappa shape index (κ3) is 2.82. The summed E-state index contributed by atoms with van der Waals surface area (Å²) < 4.78 is 5.62. The van der Waals surface area contributed by atoms with Gasteiger partial charge >= 0.3 is 0 Å². The Hall–Kier alpha value is -0.900. The van der Waals surface area contributed by atoms with Crippen LogP contribution in [-0.2, 0) is 11.2 Å². The summed E-state index contributed by atoms with van der Waals surface area (Å²) in [6, 6.07) is 8.33. The molecule has 0 fully saturated rings. The summed E-state index contributed by atoms with van der Waals surface area (Å²) in [5, 5.41) is 1.96. The molecule has 0 N–H and O–H groups in total. The smallest absolute Gasteiger partial charge is 0.184 e. The average molecular weight is 254 g/mol. The lowest BCUT2D eigenvalue weighted by Gasteiger charge is -2.01. The number of rotatable bonds is 4. The van der Waals surface area contributed by atoms with E-state index in [-0.39, 0.29) is 0 Å². The van der Waals surface area contributed by atoms with E-state index in [0.717, 1.165) is 24.3 Å². The highest BCUT2D eigenvalue weighted by atomic mass is 35.5. The van der Waals surface area contributed by atoms with Crippen LogP contribution < -0.4 is 0 Å². The minimum absolute atomic E-state index is 0.582. The molecule has 0 saturated carbocycles. The van der Waals surface area contributed by atoms with Crippen molar-refractivity contribution in [3.8, 4) is 11.3 Å². The zero-order valence-corrected chi connectivity index (χ0v) is 10.5. The molecule has 2 rings (SSSR count). The molecule has 1 aromatic heterocycles. The van der Waals surface area contributed by atoms with Gasteiger partial charge in [-0.2, -0.15) is 0 Å². The number of hydrogen-bond acceptors (Lipinski definition) is 3. The van der Waals surface area contributed by atoms with E-state index in [1.54, 1.807) is 7.11 Å². The number of nitrogens with zero attached hydrogens (tertiary/aromatic N) is 1. The van der Waals surface area contributed by atoms with E-state index < -0.39 is 0 Å². The van der Waals surface area contributed by atoms with Crippen LogP contribution in [0.1, 0.15) is 5.56 Å². The van der Waals surface area contributed by atoms with Gasteiger partial charge in [0.1, 0.15) is 0 Å². The fourth-order valence-corrected chi connectivity index (χ4v) is 2.22. The summed E-state index contributed by atoms with van der Waals surface area (Å²) in [4.78, 5) is 4.23. The summed E-state index contributed by atoms with van der Waals surface area (Å²) in [6.45, 7) is 0.752. The first-order valence-corrected chi connectivity index (χ1v) is 6.24. The lowest BCUT2D eigenvalue weighted by atomic mass is 10.1. The van der Waals surface area contributed by atoms with Crippen LogP contribution in [0.3, 0.4) is 0 Å². The average Bonchev–Trinajstić information content (AvgIpc) is 2.74. The van der Waals surface area contributed by atoms with Crippen molar-refractivity contribution in [1.82, 2.24) is 4.98 Å². The molecule has 0 atom stereocenters. The first-order chi connectivity index (χ1) is 7.79. The Kier molecular flexibility index (Phi) is 3.93. The molecule has 16 heavy (non-hydrogen) atoms. The molecular weight excluding hydrogens is 242 g/mol. The number of hydrogen-bond donors (Lipinski definition) is 0. The Labute approximate surface area is 104 Å². The van der Waals surface area contributed by atoms with Gasteiger partial charge in [0.15, 0.2) is 4.47 Å². The van der Waals surface area contributed by atoms with E-state index >= 15 is 0 Å². The molecule has 4 heteroatoms. The van der Waals surface area contributed by atoms with Crippen LogP contribution in [0, 0.1) is 0 Å². The zero-order valence-electron chi connectivity index (χ0n) is 8.94. The first-order valence-electron chi connectivity index (χ1n) is 4.99. The van der Waals surface area contributed by atoms with E-state index in [9.17, 15) is 0 Å². The van der Waals surface area contributed by atoms with Crippen LogP contribution in [0.2, 0.25) is 4.47 Å². The zero-order chi connectivity index (χ0) is 11.4. The number of methoxy groups -OCH3 is 1. The van der Waals surface area contributed by atoms with Gasteiger partial charge in [-0.1, -0.05) is 35.9 Å². The van der Waals surface area contributed by atoms with Gasteiger partial charge in [-0.25, -0.2) is 4.98 Å². The number of ether oxygens (including phenoxy) is 1. The fourth-order valence-electron chi connectivity index (χ4n) is 1.45. The second-order valence-electron chi connectivity index (χ2n) is 3.43. The molecule has 1 aromatic carbocycles. The topological polar surface area (TPSA) is 22.1 Å². The lowest BCUT2D eigenvalue weighted by molar-refractivity contribution is 0.202. The standard InChI is InChI=1S/C12H12ClNOS/c1-15-7-6-9-2-4-10(5-3-9)11-8-16-12(13)14-11/h2-5,8H,6-7H2,1H3. The Morgan fingerprint density at radius 3 is 2.62 bits per heavy atom. The fraction of sp³-hybridized carbons (Fsp3) is 0.250. The summed E-state index contributed by atoms with van der Waals surface area (Å²) in [5.41, 5.74) is 3.31. The number of halogens is 1. The van der Waals surface area contributed by atoms with Crippen LogP contribution in [-0.4, -0.2) is 18.7 Å². The molecule has 0 unspecified atom stereocenters. The molecule has 0 aliphatic heterocycles. The molecule has 0 aliphatic carbocycles. The van der Waals surface area contributed by atoms with Gasteiger partial charge in [0, 0.05) is 18.1 Å². The molecule has 2 aromatic rings. The van der Waals surface area contributed by atoms with Crippen molar-refractivity contribution in [3.63, 3.8) is 0 Å². The van der Waals surface area contributed by atoms with E-state index in [4.69, 9.17) is 16.3 Å². The van der Waals surface area contributed by atoms with Crippen molar-refractivity contribution in [3.05, 3.63) is 39.7 Å². The molecule has 0 spiro atoms. The highest BCUT2D eigenvalue weighted by molar-refractivity contribution is 7.14. The molecule has 0 aliphatic rings. The minimum atomic E-state index is 0.582. The van der Waals surface area contributed by atoms with Crippen molar-refractivity contribution >= 4 is 22.9 Å². The molecule has 0 radical (unpaired) electrons. The van der Waals surface area contributed by atoms with Gasteiger partial charge in [0.05, 0.1) is 12.3 Å². The lowest BCUT2D eigenvalue weighted by Crippen LogP contribution is -1.93. The molecule has 0 saturated heterocycles. The largest absolute Gasteiger partial charge is 0.384 e. The van der Waals surface area contributed by atoms with Crippen LogP contribution in [0.25, 0.3) is 11.3 Å². The SMILES string of the molecule is COCCc1ccc(-c2csc(Cl)n2)cc1. The molecule has 0 bridgehead atoms. The maximum absolute atomic E-state index is 5.80. The van der Waals surface area contributed by atoms with Crippen molar-refractivity contribution in [2.75, 3.05) is 13.7 Å². The second-order valence-corrected chi connectivity index (χ2v) is 4.87. The normalized spacial score (nSPS) is 10.6. The Morgan fingerprint density at radius 1 is 1.31 bits per heavy atom. The first kappa shape index (κ1) is 11.6. The monoisotopic (exact) mass is 253 g/mol. The number of benzene rings is 1.